The number of aromatic amines is 1. The van der Waals surface area contributed by atoms with Crippen LogP contribution >= 0.6 is 0 Å². The molecule has 0 saturated heterocycles. The summed E-state index contributed by atoms with van der Waals surface area (Å²) in [5.74, 6) is 6.67. The van der Waals surface area contributed by atoms with Crippen molar-refractivity contribution >= 4 is 21.8 Å². The van der Waals surface area contributed by atoms with Gasteiger partial charge in [-0.25, -0.2) is 0 Å². The zero-order chi connectivity index (χ0) is 24.3. The smallest absolute Gasteiger partial charge is 0.0465 e. The highest BCUT2D eigenvalue weighted by molar-refractivity contribution is 6.08. The van der Waals surface area contributed by atoms with E-state index in [0.717, 1.165) is 11.1 Å². The standard InChI is InChI=1S/C35H25N/c1-35(2)31-20-24(13-12-23-8-4-3-5-9-23)14-17-27(31)28-18-15-26(22-32(28)35)25-16-19-34-30(21-25)29-10-6-7-11-33(29)36-34/h3-11,14-22,36H,1-2H3. The predicted molar refractivity (Wildman–Crippen MR) is 151 cm³/mol. The predicted octanol–water partition coefficient (Wildman–Crippen LogP) is 8.69. The molecule has 1 heterocycles. The SMILES string of the molecule is CC1(C)c2cc(C#Cc3ccccc3)ccc2-c2ccc(-c3ccc4[nH]c5ccccc5c4c3)cc21. The van der Waals surface area contributed by atoms with Gasteiger partial charge in [-0.15, -0.1) is 0 Å². The molecule has 0 fully saturated rings. The first-order valence-corrected chi connectivity index (χ1v) is 12.5. The van der Waals surface area contributed by atoms with Crippen molar-refractivity contribution < 1.29 is 0 Å². The number of fused-ring (bicyclic) bond motifs is 6. The fourth-order valence-electron chi connectivity index (χ4n) is 5.69. The Morgan fingerprint density at radius 2 is 1.17 bits per heavy atom. The fourth-order valence-corrected chi connectivity index (χ4v) is 5.69. The quantitative estimate of drug-likeness (QED) is 0.237. The van der Waals surface area contributed by atoms with Crippen molar-refractivity contribution in [2.45, 2.75) is 19.3 Å². The molecule has 0 aliphatic heterocycles. The molecule has 1 nitrogen and oxygen atoms in total. The number of hydrogen-bond donors (Lipinski definition) is 1. The molecule has 1 heteroatoms. The van der Waals surface area contributed by atoms with Crippen LogP contribution in [0.2, 0.25) is 0 Å². The molecular formula is C35H25N. The molecule has 0 bridgehead atoms. The molecule has 5 aromatic carbocycles. The van der Waals surface area contributed by atoms with Gasteiger partial charge in [-0.05, 0) is 81.9 Å². The summed E-state index contributed by atoms with van der Waals surface area (Å²) in [7, 11) is 0. The topological polar surface area (TPSA) is 15.8 Å². The maximum Gasteiger partial charge on any atom is 0.0465 e. The molecule has 1 aromatic heterocycles. The molecule has 36 heavy (non-hydrogen) atoms. The Bertz CT molecular complexity index is 1860. The van der Waals surface area contributed by atoms with Crippen LogP contribution in [0.5, 0.6) is 0 Å². The summed E-state index contributed by atoms with van der Waals surface area (Å²) in [6.45, 7) is 4.66. The van der Waals surface area contributed by atoms with Gasteiger partial charge in [-0.3, -0.25) is 0 Å². The molecule has 0 unspecified atom stereocenters. The van der Waals surface area contributed by atoms with E-state index in [1.165, 1.54) is 55.2 Å². The Kier molecular flexibility index (Phi) is 4.47. The second-order valence-corrected chi connectivity index (χ2v) is 10.2. The lowest BCUT2D eigenvalue weighted by molar-refractivity contribution is 0.660. The minimum Gasteiger partial charge on any atom is -0.355 e. The van der Waals surface area contributed by atoms with Crippen LogP contribution in [0.1, 0.15) is 36.1 Å². The summed E-state index contributed by atoms with van der Waals surface area (Å²) in [5, 5.41) is 2.54. The molecule has 0 saturated carbocycles. The lowest BCUT2D eigenvalue weighted by atomic mass is 9.81. The summed E-state index contributed by atoms with van der Waals surface area (Å²) in [5.41, 5.74) is 12.2. The van der Waals surface area contributed by atoms with Crippen LogP contribution in [0.25, 0.3) is 44.1 Å². The van der Waals surface area contributed by atoms with Gasteiger partial charge in [0.1, 0.15) is 0 Å². The van der Waals surface area contributed by atoms with Gasteiger partial charge >= 0.3 is 0 Å². The molecule has 0 radical (unpaired) electrons. The van der Waals surface area contributed by atoms with Crippen molar-refractivity contribution in [2.24, 2.45) is 0 Å². The van der Waals surface area contributed by atoms with Crippen LogP contribution in [0.15, 0.2) is 109 Å². The van der Waals surface area contributed by atoms with E-state index in [1.54, 1.807) is 0 Å². The molecule has 7 rings (SSSR count). The fraction of sp³-hybridized carbons (Fsp3) is 0.0857. The average Bonchev–Trinajstić information content (AvgIpc) is 3.40. The summed E-state index contributed by atoms with van der Waals surface area (Å²) in [4.78, 5) is 3.54. The van der Waals surface area contributed by atoms with Crippen molar-refractivity contribution in [1.82, 2.24) is 4.98 Å². The van der Waals surface area contributed by atoms with Crippen molar-refractivity contribution in [2.75, 3.05) is 0 Å². The van der Waals surface area contributed by atoms with E-state index in [4.69, 9.17) is 0 Å². The molecular weight excluding hydrogens is 434 g/mol. The van der Waals surface area contributed by atoms with E-state index in [1.807, 2.05) is 18.2 Å². The van der Waals surface area contributed by atoms with Gasteiger partial charge < -0.3 is 4.98 Å². The Labute approximate surface area is 211 Å². The van der Waals surface area contributed by atoms with Crippen molar-refractivity contribution in [3.8, 4) is 34.1 Å². The number of hydrogen-bond acceptors (Lipinski definition) is 0. The summed E-state index contributed by atoms with van der Waals surface area (Å²) < 4.78 is 0. The van der Waals surface area contributed by atoms with Crippen molar-refractivity contribution in [3.63, 3.8) is 0 Å². The van der Waals surface area contributed by atoms with Crippen molar-refractivity contribution in [1.29, 1.82) is 0 Å². The van der Waals surface area contributed by atoms with E-state index >= 15 is 0 Å². The van der Waals surface area contributed by atoms with Crippen molar-refractivity contribution in [3.05, 3.63) is 131 Å². The van der Waals surface area contributed by atoms with E-state index in [9.17, 15) is 0 Å². The highest BCUT2D eigenvalue weighted by Gasteiger charge is 2.35. The molecule has 1 aliphatic rings. The maximum atomic E-state index is 3.54. The van der Waals surface area contributed by atoms with Gasteiger partial charge in [0.2, 0.25) is 0 Å². The number of aromatic nitrogens is 1. The van der Waals surface area contributed by atoms with Gasteiger partial charge in [0.15, 0.2) is 0 Å². The van der Waals surface area contributed by atoms with E-state index in [2.05, 4.69) is 122 Å². The first-order valence-electron chi connectivity index (χ1n) is 12.5. The molecule has 170 valence electrons. The number of H-pyrrole nitrogens is 1. The molecule has 1 aliphatic carbocycles. The number of nitrogens with one attached hydrogen (secondary N) is 1. The second kappa shape index (κ2) is 7.74. The normalized spacial score (nSPS) is 13.3. The largest absolute Gasteiger partial charge is 0.355 e. The van der Waals surface area contributed by atoms with Crippen LogP contribution in [0.3, 0.4) is 0 Å². The number of rotatable bonds is 1. The van der Waals surface area contributed by atoms with Crippen LogP contribution in [0, 0.1) is 11.8 Å². The molecule has 0 atom stereocenters. The van der Waals surface area contributed by atoms with Crippen LogP contribution in [-0.4, -0.2) is 4.98 Å². The highest BCUT2D eigenvalue weighted by atomic mass is 14.7. The molecule has 0 spiro atoms. The van der Waals surface area contributed by atoms with E-state index in [0.29, 0.717) is 0 Å². The van der Waals surface area contributed by atoms with Gasteiger partial charge in [0.05, 0.1) is 0 Å². The molecule has 1 N–H and O–H groups in total. The second-order valence-electron chi connectivity index (χ2n) is 10.2. The van der Waals surface area contributed by atoms with Gasteiger partial charge in [0, 0.05) is 38.3 Å². The van der Waals surface area contributed by atoms with E-state index < -0.39 is 0 Å². The number of para-hydroxylation sites is 1. The lowest BCUT2D eigenvalue weighted by Gasteiger charge is -2.22. The van der Waals surface area contributed by atoms with Gasteiger partial charge in [-0.2, -0.15) is 0 Å². The zero-order valence-electron chi connectivity index (χ0n) is 20.4. The zero-order valence-corrected chi connectivity index (χ0v) is 20.4. The first-order chi connectivity index (χ1) is 17.6. The monoisotopic (exact) mass is 459 g/mol. The van der Waals surface area contributed by atoms with E-state index in [-0.39, 0.29) is 5.41 Å². The Balaban J connectivity index is 1.30. The van der Waals surface area contributed by atoms with Gasteiger partial charge in [-0.1, -0.05) is 86.4 Å². The minimum atomic E-state index is -0.0873. The minimum absolute atomic E-state index is 0.0873. The van der Waals surface area contributed by atoms with Gasteiger partial charge in [0.25, 0.3) is 0 Å². The Hall–Kier alpha value is -4.54. The Morgan fingerprint density at radius 3 is 2.03 bits per heavy atom. The highest BCUT2D eigenvalue weighted by Crippen LogP contribution is 2.50. The third-order valence-corrected chi connectivity index (χ3v) is 7.64. The third-order valence-electron chi connectivity index (χ3n) is 7.64. The summed E-state index contributed by atoms with van der Waals surface area (Å²) in [6, 6.07) is 39.1. The average molecular weight is 460 g/mol. The summed E-state index contributed by atoms with van der Waals surface area (Å²) in [6.07, 6.45) is 0. The molecule has 6 aromatic rings. The summed E-state index contributed by atoms with van der Waals surface area (Å²) >= 11 is 0. The Morgan fingerprint density at radius 1 is 0.528 bits per heavy atom. The van der Waals surface area contributed by atoms with Crippen LogP contribution in [-0.2, 0) is 5.41 Å². The maximum absolute atomic E-state index is 3.54. The van der Waals surface area contributed by atoms with Crippen LogP contribution in [0.4, 0.5) is 0 Å². The molecule has 0 amide bonds. The first kappa shape index (κ1) is 20.8. The number of benzene rings is 5. The lowest BCUT2D eigenvalue weighted by Crippen LogP contribution is -2.15. The van der Waals surface area contributed by atoms with Crippen LogP contribution < -0.4 is 0 Å². The third kappa shape index (κ3) is 3.19.